The summed E-state index contributed by atoms with van der Waals surface area (Å²) in [6.45, 7) is 6.87. The van der Waals surface area contributed by atoms with E-state index in [4.69, 9.17) is 15.2 Å². The first-order chi connectivity index (χ1) is 12.9. The molecule has 2 atom stereocenters. The quantitative estimate of drug-likeness (QED) is 0.783. The normalized spacial score (nSPS) is 23.3. The van der Waals surface area contributed by atoms with E-state index in [2.05, 4.69) is 10.3 Å². The first-order valence-electron chi connectivity index (χ1n) is 9.21. The van der Waals surface area contributed by atoms with Gasteiger partial charge in [0.15, 0.2) is 0 Å². The van der Waals surface area contributed by atoms with E-state index in [1.165, 1.54) is 0 Å². The van der Waals surface area contributed by atoms with Gasteiger partial charge in [0.1, 0.15) is 17.9 Å². The molecule has 2 unspecified atom stereocenters. The van der Waals surface area contributed by atoms with E-state index >= 15 is 0 Å². The van der Waals surface area contributed by atoms with Crippen LogP contribution < -0.4 is 15.8 Å². The Bertz CT molecular complexity index is 794. The molecule has 1 fully saturated rings. The van der Waals surface area contributed by atoms with Crippen LogP contribution in [0.15, 0.2) is 48.7 Å². The molecule has 3 N–H and O–H groups in total. The van der Waals surface area contributed by atoms with E-state index in [-0.39, 0.29) is 12.0 Å². The molecule has 1 aromatic carbocycles. The van der Waals surface area contributed by atoms with Gasteiger partial charge < -0.3 is 20.5 Å². The predicted molar refractivity (Wildman–Crippen MR) is 104 cm³/mol. The zero-order valence-electron chi connectivity index (χ0n) is 16.1. The number of benzene rings is 1. The summed E-state index contributed by atoms with van der Waals surface area (Å²) in [5.74, 6) is 0.454. The van der Waals surface area contributed by atoms with Gasteiger partial charge in [0.2, 0.25) is 5.91 Å². The largest absolute Gasteiger partial charge is 0.487 e. The van der Waals surface area contributed by atoms with Crippen molar-refractivity contribution in [3.8, 4) is 5.75 Å². The number of ether oxygens (including phenoxy) is 2. The fourth-order valence-electron chi connectivity index (χ4n) is 3.37. The fourth-order valence-corrected chi connectivity index (χ4v) is 3.37. The molecule has 27 heavy (non-hydrogen) atoms. The van der Waals surface area contributed by atoms with Crippen molar-refractivity contribution in [1.82, 2.24) is 4.98 Å². The van der Waals surface area contributed by atoms with Gasteiger partial charge >= 0.3 is 0 Å². The van der Waals surface area contributed by atoms with Crippen molar-refractivity contribution in [1.29, 1.82) is 0 Å². The van der Waals surface area contributed by atoms with E-state index in [0.717, 1.165) is 5.69 Å². The van der Waals surface area contributed by atoms with Crippen LogP contribution in [0.2, 0.25) is 0 Å². The Balaban J connectivity index is 1.63. The Morgan fingerprint density at radius 3 is 2.78 bits per heavy atom. The second-order valence-electron chi connectivity index (χ2n) is 7.43. The Hall–Kier alpha value is -2.44. The Labute approximate surface area is 160 Å². The lowest BCUT2D eigenvalue weighted by Gasteiger charge is -2.57. The first-order valence-corrected chi connectivity index (χ1v) is 9.21. The summed E-state index contributed by atoms with van der Waals surface area (Å²) in [7, 11) is 0. The summed E-state index contributed by atoms with van der Waals surface area (Å²) in [4.78, 5) is 17.1. The van der Waals surface area contributed by atoms with E-state index in [0.29, 0.717) is 31.1 Å². The zero-order valence-corrected chi connectivity index (χ0v) is 16.1. The van der Waals surface area contributed by atoms with Crippen LogP contribution in [0.3, 0.4) is 0 Å². The highest BCUT2D eigenvalue weighted by Crippen LogP contribution is 2.50. The third-order valence-electron chi connectivity index (χ3n) is 5.44. The highest BCUT2D eigenvalue weighted by Gasteiger charge is 2.62. The second-order valence-corrected chi connectivity index (χ2v) is 7.43. The number of pyridine rings is 1. The number of rotatable bonds is 7. The van der Waals surface area contributed by atoms with Crippen LogP contribution in [-0.2, 0) is 16.1 Å². The van der Waals surface area contributed by atoms with Gasteiger partial charge in [-0.05, 0) is 31.2 Å². The van der Waals surface area contributed by atoms with Crippen LogP contribution in [-0.4, -0.2) is 29.1 Å². The van der Waals surface area contributed by atoms with Gasteiger partial charge in [-0.15, -0.1) is 0 Å². The molecular formula is C21H27N3O3. The number of hydrogen-bond acceptors (Lipinski definition) is 5. The summed E-state index contributed by atoms with van der Waals surface area (Å²) in [5, 5.41) is 2.93. The zero-order chi connectivity index (χ0) is 19.5. The molecule has 1 saturated carbocycles. The lowest BCUT2D eigenvalue weighted by Crippen LogP contribution is -2.74. The number of nitrogens with two attached hydrogens (primary N) is 1. The van der Waals surface area contributed by atoms with Gasteiger partial charge in [-0.25, -0.2) is 0 Å². The van der Waals surface area contributed by atoms with E-state index in [9.17, 15) is 4.79 Å². The smallest absolute Gasteiger partial charge is 0.245 e. The molecule has 0 aliphatic heterocycles. The van der Waals surface area contributed by atoms with Crippen molar-refractivity contribution in [3.63, 3.8) is 0 Å². The van der Waals surface area contributed by atoms with Crippen LogP contribution in [0, 0.1) is 5.41 Å². The number of carbonyl (C=O) groups is 1. The molecule has 6 nitrogen and oxygen atoms in total. The second kappa shape index (κ2) is 7.66. The fraction of sp³-hybridized carbons (Fsp3) is 0.429. The summed E-state index contributed by atoms with van der Waals surface area (Å²) in [6, 6.07) is 13.0. The van der Waals surface area contributed by atoms with Crippen molar-refractivity contribution in [2.75, 3.05) is 11.9 Å². The van der Waals surface area contributed by atoms with Crippen LogP contribution in [0.25, 0.3) is 0 Å². The topological polar surface area (TPSA) is 86.5 Å². The number of aromatic nitrogens is 1. The maximum absolute atomic E-state index is 12.8. The summed E-state index contributed by atoms with van der Waals surface area (Å²) >= 11 is 0. The minimum absolute atomic E-state index is 0.00806. The van der Waals surface area contributed by atoms with E-state index in [1.807, 2.05) is 57.2 Å². The summed E-state index contributed by atoms with van der Waals surface area (Å²) < 4.78 is 11.5. The predicted octanol–water partition coefficient (Wildman–Crippen LogP) is 3.13. The highest BCUT2D eigenvalue weighted by atomic mass is 16.5. The molecule has 144 valence electrons. The van der Waals surface area contributed by atoms with Crippen LogP contribution >= 0.6 is 0 Å². The third kappa shape index (κ3) is 3.82. The van der Waals surface area contributed by atoms with E-state index in [1.54, 1.807) is 12.3 Å². The molecule has 1 aliphatic rings. The Morgan fingerprint density at radius 1 is 1.30 bits per heavy atom. The number of carbonyl (C=O) groups excluding carboxylic acids is 1. The lowest BCUT2D eigenvalue weighted by atomic mass is 9.54. The highest BCUT2D eigenvalue weighted by molar-refractivity contribution is 5.99. The van der Waals surface area contributed by atoms with Crippen molar-refractivity contribution in [3.05, 3.63) is 54.4 Å². The average Bonchev–Trinajstić information content (AvgIpc) is 2.67. The van der Waals surface area contributed by atoms with Crippen LogP contribution in [0.4, 0.5) is 5.69 Å². The average molecular weight is 369 g/mol. The lowest BCUT2D eigenvalue weighted by molar-refractivity contribution is -0.166. The van der Waals surface area contributed by atoms with Crippen LogP contribution in [0.5, 0.6) is 5.75 Å². The molecule has 1 amide bonds. The number of nitrogens with zero attached hydrogens (tertiary/aromatic N) is 1. The molecule has 6 heteroatoms. The number of anilines is 1. The molecule has 0 saturated heterocycles. The van der Waals surface area contributed by atoms with Gasteiger partial charge in [0.05, 0.1) is 11.8 Å². The Kier molecular flexibility index (Phi) is 5.48. The molecule has 1 aliphatic carbocycles. The monoisotopic (exact) mass is 369 g/mol. The van der Waals surface area contributed by atoms with Gasteiger partial charge in [0, 0.05) is 36.4 Å². The molecule has 2 aromatic rings. The maximum Gasteiger partial charge on any atom is 0.245 e. The standard InChI is InChI=1S/C21H27N3O3/c1-4-26-18-13-21(22,20(18,2)3)19(25)24-15-9-7-10-17(12-15)27-14-16-8-5-6-11-23-16/h5-12,18H,4,13-14,22H2,1-3H3,(H,24,25). The van der Waals surface area contributed by atoms with Crippen LogP contribution in [0.1, 0.15) is 32.9 Å². The SMILES string of the molecule is CCOC1CC(N)(C(=O)Nc2cccc(OCc3ccccn3)c2)C1(C)C. The third-order valence-corrected chi connectivity index (χ3v) is 5.44. The molecule has 0 bridgehead atoms. The van der Waals surface area contributed by atoms with Gasteiger partial charge in [-0.3, -0.25) is 9.78 Å². The molecule has 3 rings (SSSR count). The van der Waals surface area contributed by atoms with Crippen molar-refractivity contribution < 1.29 is 14.3 Å². The van der Waals surface area contributed by atoms with Gasteiger partial charge in [-0.2, -0.15) is 0 Å². The van der Waals surface area contributed by atoms with Crippen molar-refractivity contribution in [2.45, 2.75) is 45.4 Å². The van der Waals surface area contributed by atoms with Crippen molar-refractivity contribution in [2.24, 2.45) is 11.1 Å². The summed E-state index contributed by atoms with van der Waals surface area (Å²) in [5.41, 5.74) is 6.53. The molecule has 1 aromatic heterocycles. The number of nitrogens with one attached hydrogen (secondary N) is 1. The first kappa shape index (κ1) is 19.3. The number of hydrogen-bond donors (Lipinski definition) is 2. The Morgan fingerprint density at radius 2 is 2.11 bits per heavy atom. The molecule has 0 spiro atoms. The van der Waals surface area contributed by atoms with Gasteiger partial charge in [0.25, 0.3) is 0 Å². The minimum Gasteiger partial charge on any atom is -0.487 e. The summed E-state index contributed by atoms with van der Waals surface area (Å²) in [6.07, 6.45) is 2.23. The van der Waals surface area contributed by atoms with Gasteiger partial charge in [-0.1, -0.05) is 26.0 Å². The molecular weight excluding hydrogens is 342 g/mol. The van der Waals surface area contributed by atoms with Crippen molar-refractivity contribution >= 4 is 11.6 Å². The number of amides is 1. The molecule has 1 heterocycles. The maximum atomic E-state index is 12.8. The minimum atomic E-state index is -0.961. The van der Waals surface area contributed by atoms with E-state index < -0.39 is 11.0 Å². The molecule has 0 radical (unpaired) electrons.